The molecule has 0 heterocycles. The molecule has 2 N–H and O–H groups in total. The van der Waals surface area contributed by atoms with E-state index < -0.39 is 15.9 Å². The van der Waals surface area contributed by atoms with E-state index in [1.54, 1.807) is 0 Å². The van der Waals surface area contributed by atoms with Crippen LogP contribution >= 0.6 is 0 Å². The molecule has 0 aliphatic carbocycles. The van der Waals surface area contributed by atoms with E-state index in [1.807, 2.05) is 24.3 Å². The van der Waals surface area contributed by atoms with Gasteiger partial charge in [0.25, 0.3) is 5.91 Å². The van der Waals surface area contributed by atoms with Crippen LogP contribution in [0, 0.1) is 0 Å². The molecule has 2 rings (SSSR count). The van der Waals surface area contributed by atoms with Crippen LogP contribution in [0.25, 0.3) is 0 Å². The molecule has 0 atom stereocenters. The average molecular weight is 431 g/mol. The van der Waals surface area contributed by atoms with Gasteiger partial charge < -0.3 is 5.32 Å². The number of nitrogens with zero attached hydrogens (tertiary/aromatic N) is 2. The Morgan fingerprint density at radius 3 is 2.20 bits per heavy atom. The number of sulfonamides is 1. The van der Waals surface area contributed by atoms with Gasteiger partial charge in [0.15, 0.2) is 0 Å². The Morgan fingerprint density at radius 2 is 1.67 bits per heavy atom. The van der Waals surface area contributed by atoms with Gasteiger partial charge in [0.1, 0.15) is 0 Å². The van der Waals surface area contributed by atoms with E-state index >= 15 is 0 Å². The Balaban J connectivity index is 1.94. The number of carbonyl (C=O) groups excluding carboxylic acids is 2. The SMILES string of the molecule is CC(=O)Nc1ccc(S(=O)(=O)N(C)CC(=O)N/N=C/c2ccc(C(C)C)cc2)cc1. The minimum absolute atomic E-state index is 0.0145. The normalized spacial score (nSPS) is 11.8. The summed E-state index contributed by atoms with van der Waals surface area (Å²) in [6.07, 6.45) is 1.50. The van der Waals surface area contributed by atoms with Crippen LogP contribution in [0.5, 0.6) is 0 Å². The first-order valence-electron chi connectivity index (χ1n) is 9.35. The molecule has 30 heavy (non-hydrogen) atoms. The fourth-order valence-electron chi connectivity index (χ4n) is 2.56. The van der Waals surface area contributed by atoms with Gasteiger partial charge in [-0.3, -0.25) is 9.59 Å². The van der Waals surface area contributed by atoms with Crippen molar-refractivity contribution in [3.8, 4) is 0 Å². The Hall–Kier alpha value is -3.04. The fraction of sp³-hybridized carbons (Fsp3) is 0.286. The minimum atomic E-state index is -3.86. The zero-order chi connectivity index (χ0) is 22.3. The summed E-state index contributed by atoms with van der Waals surface area (Å²) in [7, 11) is -2.55. The molecule has 2 aromatic carbocycles. The topological polar surface area (TPSA) is 108 Å². The summed E-state index contributed by atoms with van der Waals surface area (Å²) < 4.78 is 26.1. The third-order valence-corrected chi connectivity index (χ3v) is 6.07. The summed E-state index contributed by atoms with van der Waals surface area (Å²) >= 11 is 0. The van der Waals surface area contributed by atoms with Crippen LogP contribution < -0.4 is 10.7 Å². The molecule has 160 valence electrons. The largest absolute Gasteiger partial charge is 0.326 e. The number of amides is 2. The number of carbonyl (C=O) groups is 2. The molecule has 0 aliphatic heterocycles. The molecule has 0 aliphatic rings. The summed E-state index contributed by atoms with van der Waals surface area (Å²) in [5.41, 5.74) is 4.84. The van der Waals surface area contributed by atoms with Crippen LogP contribution in [0.4, 0.5) is 5.69 Å². The second kappa shape index (κ2) is 10.1. The van der Waals surface area contributed by atoms with Gasteiger partial charge in [0.2, 0.25) is 15.9 Å². The van der Waals surface area contributed by atoms with Crippen LogP contribution in [-0.2, 0) is 19.6 Å². The van der Waals surface area contributed by atoms with Gasteiger partial charge in [-0.1, -0.05) is 38.1 Å². The van der Waals surface area contributed by atoms with Crippen molar-refractivity contribution in [3.63, 3.8) is 0 Å². The van der Waals surface area contributed by atoms with Crippen LogP contribution in [0.1, 0.15) is 37.8 Å². The maximum absolute atomic E-state index is 12.6. The first-order chi connectivity index (χ1) is 14.1. The third-order valence-electron chi connectivity index (χ3n) is 4.26. The molecular weight excluding hydrogens is 404 g/mol. The van der Waals surface area contributed by atoms with Crippen molar-refractivity contribution in [1.29, 1.82) is 0 Å². The van der Waals surface area contributed by atoms with Gasteiger partial charge in [-0.05, 0) is 41.3 Å². The molecule has 0 spiro atoms. The number of rotatable bonds is 8. The van der Waals surface area contributed by atoms with E-state index in [2.05, 4.69) is 29.7 Å². The molecule has 2 aromatic rings. The predicted molar refractivity (Wildman–Crippen MR) is 117 cm³/mol. The molecule has 0 saturated heterocycles. The van der Waals surface area contributed by atoms with Gasteiger partial charge in [-0.15, -0.1) is 0 Å². The maximum Gasteiger partial charge on any atom is 0.255 e. The van der Waals surface area contributed by atoms with Crippen LogP contribution in [0.15, 0.2) is 58.5 Å². The summed E-state index contributed by atoms with van der Waals surface area (Å²) in [6, 6.07) is 13.5. The van der Waals surface area contributed by atoms with Crippen LogP contribution in [0.2, 0.25) is 0 Å². The number of hydrazone groups is 1. The number of likely N-dealkylation sites (N-methyl/N-ethyl adjacent to an activating group) is 1. The molecule has 8 nitrogen and oxygen atoms in total. The zero-order valence-corrected chi connectivity index (χ0v) is 18.2. The summed E-state index contributed by atoms with van der Waals surface area (Å²) in [5.74, 6) is -0.392. The van der Waals surface area contributed by atoms with E-state index in [-0.39, 0.29) is 17.3 Å². The van der Waals surface area contributed by atoms with Crippen LogP contribution in [-0.4, -0.2) is 44.3 Å². The molecule has 0 radical (unpaired) electrons. The lowest BCUT2D eigenvalue weighted by atomic mass is 10.0. The highest BCUT2D eigenvalue weighted by atomic mass is 32.2. The van der Waals surface area contributed by atoms with E-state index in [4.69, 9.17) is 0 Å². The second-order valence-electron chi connectivity index (χ2n) is 7.08. The van der Waals surface area contributed by atoms with Crippen molar-refractivity contribution in [1.82, 2.24) is 9.73 Å². The van der Waals surface area contributed by atoms with E-state index in [9.17, 15) is 18.0 Å². The first-order valence-corrected chi connectivity index (χ1v) is 10.8. The van der Waals surface area contributed by atoms with Gasteiger partial charge in [-0.2, -0.15) is 9.41 Å². The molecule has 0 fully saturated rings. The maximum atomic E-state index is 12.6. The highest BCUT2D eigenvalue weighted by molar-refractivity contribution is 7.89. The second-order valence-corrected chi connectivity index (χ2v) is 9.13. The van der Waals surface area contributed by atoms with Crippen LogP contribution in [0.3, 0.4) is 0 Å². The van der Waals surface area contributed by atoms with Gasteiger partial charge in [0.05, 0.1) is 17.7 Å². The predicted octanol–water partition coefficient (Wildman–Crippen LogP) is 2.54. The Labute approximate surface area is 177 Å². The van der Waals surface area contributed by atoms with E-state index in [0.29, 0.717) is 11.6 Å². The van der Waals surface area contributed by atoms with Crippen molar-refractivity contribution < 1.29 is 18.0 Å². The lowest BCUT2D eigenvalue weighted by molar-refractivity contribution is -0.121. The molecule has 2 amide bonds. The van der Waals surface area contributed by atoms with Crippen molar-refractivity contribution >= 4 is 33.7 Å². The number of nitrogens with one attached hydrogen (secondary N) is 2. The minimum Gasteiger partial charge on any atom is -0.326 e. The standard InChI is InChI=1S/C21H26N4O4S/c1-15(2)18-7-5-17(6-8-18)13-22-24-21(27)14-25(4)30(28,29)20-11-9-19(10-12-20)23-16(3)26/h5-13,15H,14H2,1-4H3,(H,23,26)(H,24,27)/b22-13+. The first kappa shape index (κ1) is 23.2. The number of hydrogen-bond acceptors (Lipinski definition) is 5. The number of hydrogen-bond donors (Lipinski definition) is 2. The van der Waals surface area contributed by atoms with Gasteiger partial charge in [0, 0.05) is 19.7 Å². The lowest BCUT2D eigenvalue weighted by Gasteiger charge is -2.16. The van der Waals surface area contributed by atoms with Crippen molar-refractivity contribution in [2.75, 3.05) is 18.9 Å². The van der Waals surface area contributed by atoms with Gasteiger partial charge in [-0.25, -0.2) is 13.8 Å². The monoisotopic (exact) mass is 430 g/mol. The number of benzene rings is 2. The zero-order valence-electron chi connectivity index (χ0n) is 17.4. The lowest BCUT2D eigenvalue weighted by Crippen LogP contribution is -2.36. The molecule has 0 aromatic heterocycles. The smallest absolute Gasteiger partial charge is 0.255 e. The quantitative estimate of drug-likeness (QED) is 0.496. The number of anilines is 1. The summed E-state index contributed by atoms with van der Waals surface area (Å²) in [6.45, 7) is 5.18. The average Bonchev–Trinajstić information content (AvgIpc) is 2.68. The summed E-state index contributed by atoms with van der Waals surface area (Å²) in [5, 5.41) is 6.44. The summed E-state index contributed by atoms with van der Waals surface area (Å²) in [4.78, 5) is 23.1. The highest BCUT2D eigenvalue weighted by Crippen LogP contribution is 2.17. The van der Waals surface area contributed by atoms with Gasteiger partial charge >= 0.3 is 0 Å². The Bertz CT molecular complexity index is 1010. The highest BCUT2D eigenvalue weighted by Gasteiger charge is 2.22. The van der Waals surface area contributed by atoms with Crippen molar-refractivity contribution in [2.45, 2.75) is 31.6 Å². The Kier molecular flexibility index (Phi) is 7.85. The molecule has 9 heteroatoms. The van der Waals surface area contributed by atoms with E-state index in [1.165, 1.54) is 50.0 Å². The van der Waals surface area contributed by atoms with Crippen molar-refractivity contribution in [2.24, 2.45) is 5.10 Å². The van der Waals surface area contributed by atoms with E-state index in [0.717, 1.165) is 9.87 Å². The molecule has 0 unspecified atom stereocenters. The molecule has 0 saturated carbocycles. The third kappa shape index (κ3) is 6.50. The fourth-order valence-corrected chi connectivity index (χ4v) is 3.69. The molecule has 0 bridgehead atoms. The molecular formula is C21H26N4O4S. The Morgan fingerprint density at radius 1 is 1.07 bits per heavy atom. The van der Waals surface area contributed by atoms with Crippen molar-refractivity contribution in [3.05, 3.63) is 59.7 Å².